The van der Waals surface area contributed by atoms with Gasteiger partial charge in [-0.25, -0.2) is 0 Å². The van der Waals surface area contributed by atoms with Gasteiger partial charge >= 0.3 is 0 Å². The Labute approximate surface area is 143 Å². The molecule has 2 aromatic rings. The van der Waals surface area contributed by atoms with Crippen LogP contribution in [0.4, 0.5) is 0 Å². The standard InChI is InChI=1S/C17H12Cl2N2O2/c18-14-3-1-2-12(7-14)10-23-16-5-4-11(8-15(16)19)6-13(9-20)17(21)22/h1-8H,10H2,(H2,21,22)/b13-6+. The third kappa shape index (κ3) is 4.75. The summed E-state index contributed by atoms with van der Waals surface area (Å²) in [6.07, 6.45) is 1.37. The topological polar surface area (TPSA) is 76.1 Å². The van der Waals surface area contributed by atoms with Crippen LogP contribution >= 0.6 is 23.2 Å². The summed E-state index contributed by atoms with van der Waals surface area (Å²) in [5.41, 5.74) is 6.44. The smallest absolute Gasteiger partial charge is 0.259 e. The van der Waals surface area contributed by atoms with Crippen LogP contribution < -0.4 is 10.5 Å². The van der Waals surface area contributed by atoms with Gasteiger partial charge in [0, 0.05) is 5.02 Å². The van der Waals surface area contributed by atoms with Gasteiger partial charge in [-0.15, -0.1) is 0 Å². The number of carbonyl (C=O) groups is 1. The van der Waals surface area contributed by atoms with Crippen LogP contribution in [0.3, 0.4) is 0 Å². The van der Waals surface area contributed by atoms with E-state index < -0.39 is 5.91 Å². The predicted molar refractivity (Wildman–Crippen MR) is 90.0 cm³/mol. The second-order valence-corrected chi connectivity index (χ2v) is 5.49. The summed E-state index contributed by atoms with van der Waals surface area (Å²) in [6.45, 7) is 0.320. The van der Waals surface area contributed by atoms with Gasteiger partial charge in [0.25, 0.3) is 5.91 Å². The highest BCUT2D eigenvalue weighted by atomic mass is 35.5. The van der Waals surface area contributed by atoms with Crippen LogP contribution in [0.25, 0.3) is 6.08 Å². The minimum absolute atomic E-state index is 0.145. The molecular formula is C17H12Cl2N2O2. The van der Waals surface area contributed by atoms with E-state index >= 15 is 0 Å². The van der Waals surface area contributed by atoms with Crippen molar-refractivity contribution in [2.75, 3.05) is 0 Å². The summed E-state index contributed by atoms with van der Waals surface area (Å²) in [6, 6.07) is 14.0. The third-order valence-corrected chi connectivity index (χ3v) is 3.47. The summed E-state index contributed by atoms with van der Waals surface area (Å²) in [5, 5.41) is 9.82. The van der Waals surface area contributed by atoms with Gasteiger partial charge in [-0.05, 0) is 41.5 Å². The monoisotopic (exact) mass is 346 g/mol. The second-order valence-electron chi connectivity index (χ2n) is 4.64. The van der Waals surface area contributed by atoms with Crippen LogP contribution in [0.1, 0.15) is 11.1 Å². The maximum Gasteiger partial charge on any atom is 0.259 e. The molecule has 0 unspecified atom stereocenters. The fourth-order valence-corrected chi connectivity index (χ4v) is 2.29. The molecule has 0 saturated carbocycles. The van der Waals surface area contributed by atoms with Gasteiger partial charge in [0.2, 0.25) is 0 Å². The predicted octanol–water partition coefficient (Wildman–Crippen LogP) is 3.96. The molecule has 0 aromatic heterocycles. The number of hydrogen-bond donors (Lipinski definition) is 1. The maximum absolute atomic E-state index is 11.0. The summed E-state index contributed by atoms with van der Waals surface area (Å²) >= 11 is 12.1. The molecule has 4 nitrogen and oxygen atoms in total. The molecule has 0 bridgehead atoms. The van der Waals surface area contributed by atoms with Crippen LogP contribution in [0.2, 0.25) is 10.0 Å². The second kappa shape index (κ2) is 7.68. The molecule has 116 valence electrons. The van der Waals surface area contributed by atoms with Crippen molar-refractivity contribution in [2.24, 2.45) is 5.73 Å². The number of nitrogens with zero attached hydrogens (tertiary/aromatic N) is 1. The lowest BCUT2D eigenvalue weighted by Gasteiger charge is -2.09. The Morgan fingerprint density at radius 1 is 1.26 bits per heavy atom. The van der Waals surface area contributed by atoms with E-state index in [2.05, 4.69) is 0 Å². The first-order chi connectivity index (χ1) is 11.0. The lowest BCUT2D eigenvalue weighted by Crippen LogP contribution is -2.12. The van der Waals surface area contributed by atoms with Gasteiger partial charge in [0.05, 0.1) is 5.02 Å². The van der Waals surface area contributed by atoms with Crippen molar-refractivity contribution in [3.8, 4) is 11.8 Å². The van der Waals surface area contributed by atoms with E-state index in [1.165, 1.54) is 6.08 Å². The van der Waals surface area contributed by atoms with Gasteiger partial charge in [-0.3, -0.25) is 4.79 Å². The fourth-order valence-electron chi connectivity index (χ4n) is 1.84. The van der Waals surface area contributed by atoms with Crippen LogP contribution in [-0.2, 0) is 11.4 Å². The Hall–Kier alpha value is -2.48. The molecule has 0 radical (unpaired) electrons. The lowest BCUT2D eigenvalue weighted by molar-refractivity contribution is -0.114. The van der Waals surface area contributed by atoms with Crippen molar-refractivity contribution in [3.05, 3.63) is 69.2 Å². The number of halogens is 2. The molecule has 2 rings (SSSR count). The Bertz CT molecular complexity index is 810. The summed E-state index contributed by atoms with van der Waals surface area (Å²) in [5.74, 6) is -0.300. The Kier molecular flexibility index (Phi) is 5.64. The van der Waals surface area contributed by atoms with Crippen LogP contribution in [-0.4, -0.2) is 5.91 Å². The van der Waals surface area contributed by atoms with Crippen LogP contribution in [0.5, 0.6) is 5.75 Å². The van der Waals surface area contributed by atoms with E-state index in [9.17, 15) is 4.79 Å². The molecule has 0 aliphatic heterocycles. The average Bonchev–Trinajstić information content (AvgIpc) is 2.51. The van der Waals surface area contributed by atoms with Crippen molar-refractivity contribution in [3.63, 3.8) is 0 Å². The first-order valence-corrected chi connectivity index (χ1v) is 7.33. The average molecular weight is 347 g/mol. The van der Waals surface area contributed by atoms with E-state index in [1.807, 2.05) is 12.1 Å². The number of rotatable bonds is 5. The van der Waals surface area contributed by atoms with Crippen molar-refractivity contribution < 1.29 is 9.53 Å². The Balaban J connectivity index is 2.14. The number of nitrogens with two attached hydrogens (primary N) is 1. The van der Waals surface area contributed by atoms with Gasteiger partial charge in [-0.2, -0.15) is 5.26 Å². The number of ether oxygens (including phenoxy) is 1. The van der Waals surface area contributed by atoms with E-state index in [-0.39, 0.29) is 5.57 Å². The summed E-state index contributed by atoms with van der Waals surface area (Å²) < 4.78 is 5.64. The van der Waals surface area contributed by atoms with E-state index in [4.69, 9.17) is 38.9 Å². The molecule has 0 fully saturated rings. The first kappa shape index (κ1) is 16.9. The van der Waals surface area contributed by atoms with E-state index in [0.717, 1.165) is 5.56 Å². The highest BCUT2D eigenvalue weighted by molar-refractivity contribution is 6.32. The van der Waals surface area contributed by atoms with E-state index in [0.29, 0.717) is 28.0 Å². The molecular weight excluding hydrogens is 335 g/mol. The fraction of sp³-hybridized carbons (Fsp3) is 0.0588. The number of hydrogen-bond acceptors (Lipinski definition) is 3. The molecule has 2 N–H and O–H groups in total. The molecule has 0 spiro atoms. The zero-order valence-corrected chi connectivity index (χ0v) is 13.4. The van der Waals surface area contributed by atoms with Gasteiger partial charge in [0.15, 0.2) is 0 Å². The van der Waals surface area contributed by atoms with Gasteiger partial charge in [0.1, 0.15) is 24.0 Å². The zero-order chi connectivity index (χ0) is 16.8. The molecule has 1 amide bonds. The van der Waals surface area contributed by atoms with Gasteiger partial charge < -0.3 is 10.5 Å². The number of benzene rings is 2. The Morgan fingerprint density at radius 3 is 2.65 bits per heavy atom. The normalized spacial score (nSPS) is 10.9. The van der Waals surface area contributed by atoms with E-state index in [1.54, 1.807) is 36.4 Å². The molecule has 0 heterocycles. The lowest BCUT2D eigenvalue weighted by atomic mass is 10.1. The largest absolute Gasteiger partial charge is 0.487 e. The highest BCUT2D eigenvalue weighted by Gasteiger charge is 2.06. The number of carbonyl (C=O) groups excluding carboxylic acids is 1. The van der Waals surface area contributed by atoms with Crippen LogP contribution in [0, 0.1) is 11.3 Å². The molecule has 0 saturated heterocycles. The van der Waals surface area contributed by atoms with Crippen LogP contribution in [0.15, 0.2) is 48.0 Å². The molecule has 0 atom stereocenters. The minimum Gasteiger partial charge on any atom is -0.487 e. The van der Waals surface area contributed by atoms with Crippen molar-refractivity contribution in [1.82, 2.24) is 0 Å². The molecule has 2 aromatic carbocycles. The highest BCUT2D eigenvalue weighted by Crippen LogP contribution is 2.27. The number of nitriles is 1. The Morgan fingerprint density at radius 2 is 2.04 bits per heavy atom. The van der Waals surface area contributed by atoms with Crippen molar-refractivity contribution in [2.45, 2.75) is 6.61 Å². The minimum atomic E-state index is -0.787. The SMILES string of the molecule is N#C/C(=C\c1ccc(OCc2cccc(Cl)c2)c(Cl)c1)C(N)=O. The number of amides is 1. The van der Waals surface area contributed by atoms with Crippen molar-refractivity contribution in [1.29, 1.82) is 5.26 Å². The summed E-state index contributed by atoms with van der Waals surface area (Å²) in [4.78, 5) is 11.0. The maximum atomic E-state index is 11.0. The summed E-state index contributed by atoms with van der Waals surface area (Å²) in [7, 11) is 0. The molecule has 0 aliphatic carbocycles. The van der Waals surface area contributed by atoms with Crippen molar-refractivity contribution >= 4 is 35.2 Å². The zero-order valence-electron chi connectivity index (χ0n) is 11.9. The molecule has 23 heavy (non-hydrogen) atoms. The number of primary amides is 1. The molecule has 6 heteroatoms. The first-order valence-electron chi connectivity index (χ1n) is 6.58. The third-order valence-electron chi connectivity index (χ3n) is 2.94. The quantitative estimate of drug-likeness (QED) is 0.657. The van der Waals surface area contributed by atoms with Gasteiger partial charge in [-0.1, -0.05) is 41.4 Å². The molecule has 0 aliphatic rings.